The number of phenolic OH excluding ortho intramolecular Hbond substituents is 1. The number of hydrogen-bond acceptors (Lipinski definition) is 19. The standard InChI is InChI=1S/C55H80N16O16S2/c1-27(2)16-32(56)48(80)68-36(18-29-8-6-5-7-9-29)52(84)71-40-26-89-88-25-39(54(86)66-33(14-15-41(57)73)51(83)70-38(21-43(59)75)53(85)67-34(47(60)79)17-28(3)4)65-45(77)23-61-44(76)22-62-49(81)35(19-30-10-12-31(72)13-11-30)64-46(78)24-63-50(82)37(20-42(58)74)69-55(40)87/h5-13,27-28,32-40,72H,14-26,56H2,1-4H3,(H2,57,73)(H2,58,74)(H2,59,75)(H2,60,79)(H,61,76)(H,62,81)(H,63,82)(H,64,78)(H,65,77)(H,66,86)(H,67,85)(H,68,80)(H,69,87)(H,70,83)(H,71,84)/t32-,33-,34-,35-,36+,37?,38-,39?,40?/m0/s1. The average Bonchev–Trinajstić information content (AvgIpc) is 3.53. The van der Waals surface area contributed by atoms with E-state index in [-0.39, 0.29) is 43.3 Å². The van der Waals surface area contributed by atoms with Crippen LogP contribution in [0.4, 0.5) is 0 Å². The number of hydrogen-bond donors (Lipinski definition) is 17. The molecule has 1 saturated heterocycles. The summed E-state index contributed by atoms with van der Waals surface area (Å²) in [5, 5.41) is 36.1. The summed E-state index contributed by atoms with van der Waals surface area (Å²) in [5.41, 5.74) is 29.0. The molecule has 0 radical (unpaired) electrons. The van der Waals surface area contributed by atoms with Gasteiger partial charge in [-0.1, -0.05) is 91.7 Å². The average molecular weight is 1290 g/mol. The van der Waals surface area contributed by atoms with Gasteiger partial charge in [0, 0.05) is 30.8 Å². The highest BCUT2D eigenvalue weighted by molar-refractivity contribution is 8.76. The van der Waals surface area contributed by atoms with Crippen LogP contribution in [0.1, 0.15) is 77.3 Å². The number of nitrogens with two attached hydrogens (primary N) is 5. The second-order valence-electron chi connectivity index (χ2n) is 21.6. The van der Waals surface area contributed by atoms with Crippen molar-refractivity contribution in [3.63, 3.8) is 0 Å². The van der Waals surface area contributed by atoms with Crippen LogP contribution in [-0.2, 0) is 84.8 Å². The van der Waals surface area contributed by atoms with Gasteiger partial charge in [-0.3, -0.25) is 71.9 Å². The summed E-state index contributed by atoms with van der Waals surface area (Å²) in [6, 6.07) is -0.0489. The van der Waals surface area contributed by atoms with Crippen molar-refractivity contribution in [3.8, 4) is 5.75 Å². The lowest BCUT2D eigenvalue weighted by Crippen LogP contribution is -2.59. The summed E-state index contributed by atoms with van der Waals surface area (Å²) >= 11 is 0. The van der Waals surface area contributed by atoms with Crippen molar-refractivity contribution in [2.45, 2.75) is 133 Å². The molecule has 2 aromatic carbocycles. The van der Waals surface area contributed by atoms with Gasteiger partial charge < -0.3 is 92.3 Å². The van der Waals surface area contributed by atoms with E-state index >= 15 is 0 Å². The van der Waals surface area contributed by atoms with Crippen molar-refractivity contribution >= 4 is 110 Å². The van der Waals surface area contributed by atoms with E-state index in [0.29, 0.717) is 11.1 Å². The molecule has 32 nitrogen and oxygen atoms in total. The monoisotopic (exact) mass is 1280 g/mol. The SMILES string of the molecule is CC(C)C[C@H](NC(=O)[C@H](CC(N)=O)NC(=O)[C@H](CCC(N)=O)NC(=O)C1CSSCC(NC(=O)[C@@H](Cc2ccccc2)NC(=O)[C@@H](N)CC(C)C)C(=O)NC(CC(N)=O)C(=O)NCC(=O)N[C@@H](Cc2ccc(O)cc2)C(=O)NCC(=O)NCC(=O)N1)C(N)=O. The van der Waals surface area contributed by atoms with E-state index in [1.807, 2.05) is 13.8 Å². The van der Waals surface area contributed by atoms with Crippen LogP contribution in [0.2, 0.25) is 0 Å². The molecule has 89 heavy (non-hydrogen) atoms. The Morgan fingerprint density at radius 3 is 1.72 bits per heavy atom. The summed E-state index contributed by atoms with van der Waals surface area (Å²) in [7, 11) is 1.56. The number of carbonyl (C=O) groups is 15. The molecule has 1 aliphatic heterocycles. The highest BCUT2D eigenvalue weighted by Gasteiger charge is 2.35. The van der Waals surface area contributed by atoms with E-state index in [4.69, 9.17) is 28.7 Å². The minimum absolute atomic E-state index is 0.0286. The molecular formula is C55H80N16O16S2. The Balaban J connectivity index is 2.13. The third-order valence-corrected chi connectivity index (χ3v) is 15.3. The van der Waals surface area contributed by atoms with E-state index in [1.54, 1.807) is 44.2 Å². The number of primary amides is 4. The molecule has 1 fully saturated rings. The maximum absolute atomic E-state index is 14.5. The lowest BCUT2D eigenvalue weighted by Gasteiger charge is -2.26. The molecule has 22 N–H and O–H groups in total. The van der Waals surface area contributed by atoms with Gasteiger partial charge in [-0.15, -0.1) is 0 Å². The summed E-state index contributed by atoms with van der Waals surface area (Å²) in [6.07, 6.45) is -2.87. The molecule has 0 saturated carbocycles. The Labute approximate surface area is 520 Å². The first-order valence-corrected chi connectivity index (χ1v) is 30.6. The van der Waals surface area contributed by atoms with Crippen molar-refractivity contribution < 1.29 is 77.0 Å². The van der Waals surface area contributed by atoms with Gasteiger partial charge in [0.05, 0.1) is 38.5 Å². The van der Waals surface area contributed by atoms with E-state index in [9.17, 15) is 77.0 Å². The van der Waals surface area contributed by atoms with Crippen LogP contribution in [0.3, 0.4) is 0 Å². The van der Waals surface area contributed by atoms with Gasteiger partial charge in [-0.2, -0.15) is 0 Å². The number of aromatic hydroxyl groups is 1. The van der Waals surface area contributed by atoms with E-state index in [0.717, 1.165) is 21.6 Å². The smallest absolute Gasteiger partial charge is 0.244 e. The fraction of sp³-hybridized carbons (Fsp3) is 0.509. The zero-order valence-corrected chi connectivity index (χ0v) is 51.1. The van der Waals surface area contributed by atoms with Gasteiger partial charge in [-0.05, 0) is 54.4 Å². The van der Waals surface area contributed by atoms with Gasteiger partial charge in [0.2, 0.25) is 88.6 Å². The van der Waals surface area contributed by atoms with E-state index < -0.39 is 200 Å². The zero-order chi connectivity index (χ0) is 66.5. The van der Waals surface area contributed by atoms with Gasteiger partial charge >= 0.3 is 0 Å². The molecule has 9 atom stereocenters. The van der Waals surface area contributed by atoms with Crippen LogP contribution in [0.15, 0.2) is 54.6 Å². The summed E-state index contributed by atoms with van der Waals surface area (Å²) in [5.74, 6) is -16.6. The molecule has 3 rings (SSSR count). The normalized spacial score (nSPS) is 19.3. The van der Waals surface area contributed by atoms with Crippen LogP contribution < -0.4 is 87.2 Å². The number of rotatable bonds is 26. The highest BCUT2D eigenvalue weighted by atomic mass is 33.1. The Morgan fingerprint density at radius 2 is 1.12 bits per heavy atom. The van der Waals surface area contributed by atoms with Crippen LogP contribution in [-0.4, -0.2) is 179 Å². The molecule has 1 aliphatic rings. The van der Waals surface area contributed by atoms with E-state index in [2.05, 4.69) is 58.5 Å². The Bertz CT molecular complexity index is 2870. The van der Waals surface area contributed by atoms with E-state index in [1.165, 1.54) is 24.3 Å². The quantitative estimate of drug-likeness (QED) is 0.0390. The maximum Gasteiger partial charge on any atom is 0.244 e. The second-order valence-corrected chi connectivity index (χ2v) is 24.1. The molecule has 0 spiro atoms. The van der Waals surface area contributed by atoms with Crippen molar-refractivity contribution in [1.29, 1.82) is 0 Å². The Kier molecular flexibility index (Phi) is 31.4. The molecule has 0 aliphatic carbocycles. The molecular weight excluding hydrogens is 1200 g/mol. The molecule has 15 amide bonds. The molecule has 34 heteroatoms. The molecule has 1 heterocycles. The van der Waals surface area contributed by atoms with Crippen LogP contribution in [0.5, 0.6) is 5.75 Å². The van der Waals surface area contributed by atoms with Crippen molar-refractivity contribution in [2.75, 3.05) is 31.1 Å². The molecule has 3 unspecified atom stereocenters. The summed E-state index contributed by atoms with van der Waals surface area (Å²) < 4.78 is 0. The maximum atomic E-state index is 14.5. The lowest BCUT2D eigenvalue weighted by molar-refractivity contribution is -0.135. The topological polar surface area (TPSA) is 539 Å². The Hall–Kier alpha value is -9.05. The lowest BCUT2D eigenvalue weighted by atomic mass is 10.0. The first kappa shape index (κ1) is 74.2. The predicted octanol–water partition coefficient (Wildman–Crippen LogP) is -6.28. The minimum atomic E-state index is -1.82. The minimum Gasteiger partial charge on any atom is -0.508 e. The van der Waals surface area contributed by atoms with Gasteiger partial charge in [0.1, 0.15) is 54.1 Å². The van der Waals surface area contributed by atoms with Gasteiger partial charge in [0.15, 0.2) is 0 Å². The number of nitrogens with one attached hydrogen (secondary N) is 11. The van der Waals surface area contributed by atoms with Gasteiger partial charge in [-0.25, -0.2) is 0 Å². The van der Waals surface area contributed by atoms with Crippen molar-refractivity contribution in [3.05, 3.63) is 65.7 Å². The van der Waals surface area contributed by atoms with Crippen LogP contribution >= 0.6 is 21.6 Å². The van der Waals surface area contributed by atoms with Crippen molar-refractivity contribution in [1.82, 2.24) is 58.5 Å². The fourth-order valence-electron chi connectivity index (χ4n) is 8.40. The molecule has 0 bridgehead atoms. The molecule has 2 aromatic rings. The molecule has 488 valence electrons. The first-order valence-electron chi connectivity index (χ1n) is 28.1. The third kappa shape index (κ3) is 28.6. The largest absolute Gasteiger partial charge is 0.508 e. The number of benzene rings is 2. The third-order valence-electron chi connectivity index (χ3n) is 12.9. The number of carbonyl (C=O) groups excluding carboxylic acids is 15. The van der Waals surface area contributed by atoms with Crippen LogP contribution in [0, 0.1) is 11.8 Å². The predicted molar refractivity (Wildman–Crippen MR) is 323 cm³/mol. The fourth-order valence-corrected chi connectivity index (χ4v) is 10.7. The zero-order valence-electron chi connectivity index (χ0n) is 49.5. The molecule has 0 aromatic heterocycles. The highest BCUT2D eigenvalue weighted by Crippen LogP contribution is 2.24. The second kappa shape index (κ2) is 37.6. The first-order chi connectivity index (χ1) is 41.9. The van der Waals surface area contributed by atoms with Crippen LogP contribution in [0.25, 0.3) is 0 Å². The Morgan fingerprint density at radius 1 is 0.562 bits per heavy atom. The summed E-state index contributed by atoms with van der Waals surface area (Å²) in [4.78, 5) is 201. The van der Waals surface area contributed by atoms with Crippen molar-refractivity contribution in [2.24, 2.45) is 40.5 Å². The summed E-state index contributed by atoms with van der Waals surface area (Å²) in [6.45, 7) is 4.62. The van der Waals surface area contributed by atoms with Gasteiger partial charge in [0.25, 0.3) is 0 Å². The number of amides is 15. The number of phenols is 1.